The number of methoxy groups -OCH3 is 1. The largest absolute Gasteiger partial charge is 0.497 e. The molecule has 1 N–H and O–H groups in total. The Hall–Kier alpha value is -3.93. The predicted octanol–water partition coefficient (Wildman–Crippen LogP) is 4.31. The van der Waals surface area contributed by atoms with Crippen molar-refractivity contribution >= 4 is 5.97 Å². The van der Waals surface area contributed by atoms with Gasteiger partial charge in [-0.05, 0) is 36.4 Å². The van der Waals surface area contributed by atoms with Gasteiger partial charge in [0.2, 0.25) is 0 Å². The zero-order valence-electron chi connectivity index (χ0n) is 15.1. The molecule has 0 spiro atoms. The molecule has 138 valence electrons. The van der Waals surface area contributed by atoms with Gasteiger partial charge in [0, 0.05) is 23.5 Å². The van der Waals surface area contributed by atoms with E-state index >= 15 is 0 Å². The van der Waals surface area contributed by atoms with Crippen molar-refractivity contribution in [1.29, 1.82) is 0 Å². The molecule has 0 bridgehead atoms. The van der Waals surface area contributed by atoms with E-state index in [0.717, 1.165) is 11.3 Å². The fourth-order valence-electron chi connectivity index (χ4n) is 3.11. The lowest BCUT2D eigenvalue weighted by Crippen LogP contribution is -2.03. The van der Waals surface area contributed by atoms with Crippen LogP contribution in [0.25, 0.3) is 28.2 Å². The number of carbonyl (C=O) groups is 1. The minimum absolute atomic E-state index is 0.146. The van der Waals surface area contributed by atoms with Crippen LogP contribution in [0.1, 0.15) is 10.4 Å². The lowest BCUT2D eigenvalue weighted by molar-refractivity contribution is 0.0698. The number of carboxylic acid groups (broad SMARTS) is 1. The Labute approximate surface area is 161 Å². The van der Waals surface area contributed by atoms with E-state index in [-0.39, 0.29) is 5.56 Å². The maximum atomic E-state index is 12.2. The van der Waals surface area contributed by atoms with E-state index in [4.69, 9.17) is 4.74 Å². The molecule has 0 aliphatic rings. The first-order chi connectivity index (χ1) is 13.7. The minimum Gasteiger partial charge on any atom is -0.497 e. The van der Waals surface area contributed by atoms with Gasteiger partial charge in [0.15, 0.2) is 0 Å². The molecule has 0 fully saturated rings. The molecule has 6 nitrogen and oxygen atoms in total. The SMILES string of the molecule is COc1ccc(-n2nc(-c3ccncc3)c(C(=O)O)c2-c2ccccc2)cc1. The molecule has 0 saturated heterocycles. The molecule has 0 aliphatic carbocycles. The van der Waals surface area contributed by atoms with Crippen molar-refractivity contribution in [3.05, 3.63) is 84.7 Å². The van der Waals surface area contributed by atoms with Crippen LogP contribution in [0.15, 0.2) is 79.1 Å². The molecular weight excluding hydrogens is 354 g/mol. The van der Waals surface area contributed by atoms with Crippen molar-refractivity contribution in [2.75, 3.05) is 7.11 Å². The molecule has 0 atom stereocenters. The topological polar surface area (TPSA) is 77.2 Å². The Morgan fingerprint density at radius 2 is 1.61 bits per heavy atom. The van der Waals surface area contributed by atoms with E-state index < -0.39 is 5.97 Å². The van der Waals surface area contributed by atoms with E-state index in [1.54, 1.807) is 36.3 Å². The van der Waals surface area contributed by atoms with Gasteiger partial charge >= 0.3 is 5.97 Å². The van der Waals surface area contributed by atoms with Gasteiger partial charge in [-0.2, -0.15) is 5.10 Å². The van der Waals surface area contributed by atoms with Gasteiger partial charge in [-0.3, -0.25) is 4.98 Å². The van der Waals surface area contributed by atoms with E-state index in [2.05, 4.69) is 10.1 Å². The number of ether oxygens (including phenoxy) is 1. The van der Waals surface area contributed by atoms with Crippen LogP contribution >= 0.6 is 0 Å². The first-order valence-electron chi connectivity index (χ1n) is 8.65. The van der Waals surface area contributed by atoms with Crippen molar-refractivity contribution in [3.63, 3.8) is 0 Å². The second-order valence-electron chi connectivity index (χ2n) is 6.09. The van der Waals surface area contributed by atoms with E-state index in [1.807, 2.05) is 54.6 Å². The van der Waals surface area contributed by atoms with Crippen LogP contribution in [0.2, 0.25) is 0 Å². The molecule has 4 rings (SSSR count). The van der Waals surface area contributed by atoms with Crippen molar-refractivity contribution in [2.24, 2.45) is 0 Å². The highest BCUT2D eigenvalue weighted by atomic mass is 16.5. The Morgan fingerprint density at radius 3 is 2.21 bits per heavy atom. The lowest BCUT2D eigenvalue weighted by Gasteiger charge is -2.09. The monoisotopic (exact) mass is 371 g/mol. The molecule has 0 aliphatic heterocycles. The van der Waals surface area contributed by atoms with Crippen molar-refractivity contribution in [2.45, 2.75) is 0 Å². The summed E-state index contributed by atoms with van der Waals surface area (Å²) in [4.78, 5) is 16.3. The van der Waals surface area contributed by atoms with Crippen LogP contribution in [0, 0.1) is 0 Å². The number of pyridine rings is 1. The minimum atomic E-state index is -1.04. The van der Waals surface area contributed by atoms with Crippen LogP contribution in [0.4, 0.5) is 0 Å². The summed E-state index contributed by atoms with van der Waals surface area (Å²) in [6.45, 7) is 0. The third kappa shape index (κ3) is 3.12. The molecule has 0 radical (unpaired) electrons. The lowest BCUT2D eigenvalue weighted by atomic mass is 10.0. The highest BCUT2D eigenvalue weighted by Gasteiger charge is 2.26. The summed E-state index contributed by atoms with van der Waals surface area (Å²) in [5.41, 5.74) is 3.26. The number of benzene rings is 2. The van der Waals surface area contributed by atoms with Gasteiger partial charge < -0.3 is 9.84 Å². The number of aromatic nitrogens is 3. The Morgan fingerprint density at radius 1 is 0.929 bits per heavy atom. The van der Waals surface area contributed by atoms with Crippen molar-refractivity contribution in [1.82, 2.24) is 14.8 Å². The first-order valence-corrected chi connectivity index (χ1v) is 8.65. The number of carboxylic acids is 1. The maximum absolute atomic E-state index is 12.2. The Kier molecular flexibility index (Phi) is 4.60. The molecule has 6 heteroatoms. The molecule has 0 amide bonds. The summed E-state index contributed by atoms with van der Waals surface area (Å²) in [6, 6.07) is 20.2. The zero-order valence-corrected chi connectivity index (χ0v) is 15.1. The predicted molar refractivity (Wildman–Crippen MR) is 106 cm³/mol. The van der Waals surface area contributed by atoms with Crippen LogP contribution in [-0.4, -0.2) is 33.0 Å². The van der Waals surface area contributed by atoms with Gasteiger partial charge in [0.1, 0.15) is 17.0 Å². The summed E-state index contributed by atoms with van der Waals surface area (Å²) in [5, 5.41) is 14.7. The molecule has 28 heavy (non-hydrogen) atoms. The van der Waals surface area contributed by atoms with Crippen molar-refractivity contribution in [3.8, 4) is 34.0 Å². The van der Waals surface area contributed by atoms with Gasteiger partial charge in [-0.15, -0.1) is 0 Å². The Bertz CT molecular complexity index is 1110. The third-order valence-corrected chi connectivity index (χ3v) is 4.42. The van der Waals surface area contributed by atoms with Crippen LogP contribution in [0.3, 0.4) is 0 Å². The standard InChI is InChI=1S/C22H17N3O3/c1-28-18-9-7-17(8-10-18)25-21(16-5-3-2-4-6-16)19(22(26)27)20(24-25)15-11-13-23-14-12-15/h2-14H,1H3,(H,26,27). The van der Waals surface area contributed by atoms with Gasteiger partial charge in [0.05, 0.1) is 18.5 Å². The second-order valence-corrected chi connectivity index (χ2v) is 6.09. The summed E-state index contributed by atoms with van der Waals surface area (Å²) in [5.74, 6) is -0.324. The number of aromatic carboxylic acids is 1. The fraction of sp³-hybridized carbons (Fsp3) is 0.0455. The van der Waals surface area contributed by atoms with E-state index in [0.29, 0.717) is 22.7 Å². The highest BCUT2D eigenvalue weighted by molar-refractivity contribution is 6.01. The van der Waals surface area contributed by atoms with Crippen LogP contribution in [-0.2, 0) is 0 Å². The van der Waals surface area contributed by atoms with Gasteiger partial charge in [0.25, 0.3) is 0 Å². The molecule has 0 unspecified atom stereocenters. The normalized spacial score (nSPS) is 10.6. The molecule has 2 heterocycles. The maximum Gasteiger partial charge on any atom is 0.340 e. The third-order valence-electron chi connectivity index (χ3n) is 4.42. The quantitative estimate of drug-likeness (QED) is 0.566. The number of hydrogen-bond donors (Lipinski definition) is 1. The van der Waals surface area contributed by atoms with E-state index in [1.165, 1.54) is 0 Å². The Balaban J connectivity index is 2.02. The van der Waals surface area contributed by atoms with Gasteiger partial charge in [-0.25, -0.2) is 9.48 Å². The average molecular weight is 371 g/mol. The van der Waals surface area contributed by atoms with Crippen molar-refractivity contribution < 1.29 is 14.6 Å². The smallest absolute Gasteiger partial charge is 0.340 e. The van der Waals surface area contributed by atoms with Crippen LogP contribution in [0.5, 0.6) is 5.75 Å². The molecule has 0 saturated carbocycles. The number of hydrogen-bond acceptors (Lipinski definition) is 4. The second kappa shape index (κ2) is 7.36. The summed E-state index contributed by atoms with van der Waals surface area (Å²) < 4.78 is 6.89. The van der Waals surface area contributed by atoms with Gasteiger partial charge in [-0.1, -0.05) is 30.3 Å². The fourth-order valence-corrected chi connectivity index (χ4v) is 3.11. The van der Waals surface area contributed by atoms with E-state index in [9.17, 15) is 9.90 Å². The first kappa shape index (κ1) is 17.5. The zero-order chi connectivity index (χ0) is 19.5. The number of nitrogens with zero attached hydrogens (tertiary/aromatic N) is 3. The highest BCUT2D eigenvalue weighted by Crippen LogP contribution is 2.34. The summed E-state index contributed by atoms with van der Waals surface area (Å²) in [7, 11) is 1.60. The molecule has 2 aromatic heterocycles. The average Bonchev–Trinajstić information content (AvgIpc) is 3.16. The molecule has 4 aromatic rings. The summed E-state index contributed by atoms with van der Waals surface area (Å²) in [6.07, 6.45) is 3.24. The number of rotatable bonds is 5. The molecule has 2 aromatic carbocycles. The summed E-state index contributed by atoms with van der Waals surface area (Å²) >= 11 is 0. The van der Waals surface area contributed by atoms with Crippen LogP contribution < -0.4 is 4.74 Å². The molecular formula is C22H17N3O3.